The Balaban J connectivity index is 1.68. The quantitative estimate of drug-likeness (QED) is 0.601. The summed E-state index contributed by atoms with van der Waals surface area (Å²) in [5.41, 5.74) is 4.25. The molecule has 1 N–H and O–H groups in total. The maximum atomic E-state index is 12.8. The zero-order chi connectivity index (χ0) is 21.4. The summed E-state index contributed by atoms with van der Waals surface area (Å²) in [6, 6.07) is 17.4. The van der Waals surface area contributed by atoms with Crippen molar-refractivity contribution in [3.05, 3.63) is 88.1 Å². The van der Waals surface area contributed by atoms with Crippen molar-refractivity contribution in [2.45, 2.75) is 13.8 Å². The molecule has 7 heteroatoms. The molecule has 0 spiro atoms. The number of anilines is 1. The Morgan fingerprint density at radius 1 is 0.967 bits per heavy atom. The van der Waals surface area contributed by atoms with Gasteiger partial charge in [0.2, 0.25) is 0 Å². The number of amides is 2. The number of thioether (sulfide) groups is 1. The molecule has 2 amide bonds. The first kappa shape index (κ1) is 19.7. The van der Waals surface area contributed by atoms with Gasteiger partial charge >= 0.3 is 5.97 Å². The lowest BCUT2D eigenvalue weighted by Crippen LogP contribution is -2.27. The molecule has 0 unspecified atom stereocenters. The van der Waals surface area contributed by atoms with Crippen LogP contribution in [0.3, 0.4) is 0 Å². The average Bonchev–Trinajstić information content (AvgIpc) is 3.17. The van der Waals surface area contributed by atoms with E-state index >= 15 is 0 Å². The highest BCUT2D eigenvalue weighted by molar-refractivity contribution is 8.19. The van der Waals surface area contributed by atoms with Crippen LogP contribution in [0.2, 0.25) is 0 Å². The largest absolute Gasteiger partial charge is 0.478 e. The monoisotopic (exact) mass is 418 g/mol. The minimum absolute atomic E-state index is 0.219. The zero-order valence-electron chi connectivity index (χ0n) is 16.3. The van der Waals surface area contributed by atoms with Crippen LogP contribution in [0.25, 0.3) is 11.8 Å². The topological polar surface area (TPSA) is 79.6 Å². The van der Waals surface area contributed by atoms with E-state index in [1.807, 2.05) is 30.5 Å². The van der Waals surface area contributed by atoms with Gasteiger partial charge in [-0.05, 0) is 79.7 Å². The number of aryl methyl sites for hydroxylation is 1. The van der Waals surface area contributed by atoms with E-state index in [0.717, 1.165) is 34.4 Å². The third kappa shape index (κ3) is 3.44. The lowest BCUT2D eigenvalue weighted by molar-refractivity contribution is -0.113. The first-order valence-electron chi connectivity index (χ1n) is 9.22. The second kappa shape index (κ2) is 7.68. The molecule has 0 bridgehead atoms. The Bertz CT molecular complexity index is 1190. The van der Waals surface area contributed by atoms with Gasteiger partial charge in [0, 0.05) is 17.1 Å². The standard InChI is InChI=1S/C23H18N2O4S/c1-14-12-17(15(2)24(14)19-10-8-16(9-11-19)22(27)28)13-20-21(26)25(23(29)30-20)18-6-4-3-5-7-18/h3-13H,1-2H3,(H,27,28). The summed E-state index contributed by atoms with van der Waals surface area (Å²) < 4.78 is 1.99. The maximum absolute atomic E-state index is 12.8. The summed E-state index contributed by atoms with van der Waals surface area (Å²) in [5.74, 6) is -1.32. The van der Waals surface area contributed by atoms with E-state index in [1.165, 1.54) is 4.90 Å². The van der Waals surface area contributed by atoms with E-state index in [2.05, 4.69) is 0 Å². The number of carbonyl (C=O) groups excluding carboxylic acids is 2. The minimum atomic E-state index is -0.975. The van der Waals surface area contributed by atoms with Crippen molar-refractivity contribution in [2.24, 2.45) is 0 Å². The first-order chi connectivity index (χ1) is 14.4. The smallest absolute Gasteiger partial charge is 0.335 e. The van der Waals surface area contributed by atoms with Gasteiger partial charge in [0.15, 0.2) is 0 Å². The number of hydrogen-bond acceptors (Lipinski definition) is 4. The van der Waals surface area contributed by atoms with E-state index in [-0.39, 0.29) is 16.7 Å². The van der Waals surface area contributed by atoms with Crippen molar-refractivity contribution in [1.29, 1.82) is 0 Å². The van der Waals surface area contributed by atoms with E-state index in [4.69, 9.17) is 5.11 Å². The second-order valence-corrected chi connectivity index (χ2v) is 7.86. The molecular formula is C23H18N2O4S. The molecule has 3 aromatic rings. The van der Waals surface area contributed by atoms with Crippen LogP contribution in [0.5, 0.6) is 0 Å². The van der Waals surface area contributed by atoms with E-state index in [1.54, 1.807) is 54.6 Å². The molecule has 1 aliphatic heterocycles. The number of hydrogen-bond donors (Lipinski definition) is 1. The average molecular weight is 418 g/mol. The number of nitrogens with zero attached hydrogens (tertiary/aromatic N) is 2. The molecule has 1 fully saturated rings. The van der Waals surface area contributed by atoms with Crippen molar-refractivity contribution < 1.29 is 19.5 Å². The number of rotatable bonds is 4. The fourth-order valence-electron chi connectivity index (χ4n) is 3.49. The minimum Gasteiger partial charge on any atom is -0.478 e. The predicted octanol–water partition coefficient (Wildman–Crippen LogP) is 5.03. The maximum Gasteiger partial charge on any atom is 0.335 e. The molecule has 6 nitrogen and oxygen atoms in total. The molecule has 1 aromatic heterocycles. The number of aromatic nitrogens is 1. The Morgan fingerprint density at radius 3 is 2.27 bits per heavy atom. The zero-order valence-corrected chi connectivity index (χ0v) is 17.1. The Kier molecular flexibility index (Phi) is 5.05. The lowest BCUT2D eigenvalue weighted by Gasteiger charge is -2.11. The van der Waals surface area contributed by atoms with Crippen molar-refractivity contribution in [1.82, 2.24) is 4.57 Å². The van der Waals surface area contributed by atoms with Gasteiger partial charge in [0.1, 0.15) is 0 Å². The number of aromatic carboxylic acids is 1. The molecular weight excluding hydrogens is 400 g/mol. The SMILES string of the molecule is Cc1cc(C=C2SC(=O)N(c3ccccc3)C2=O)c(C)n1-c1ccc(C(=O)O)cc1. The number of carboxylic acid groups (broad SMARTS) is 1. The highest BCUT2D eigenvalue weighted by Crippen LogP contribution is 2.36. The third-order valence-electron chi connectivity index (χ3n) is 4.94. The van der Waals surface area contributed by atoms with Crippen LogP contribution in [0.4, 0.5) is 10.5 Å². The molecule has 1 aliphatic rings. The van der Waals surface area contributed by atoms with Crippen molar-refractivity contribution in [3.8, 4) is 5.69 Å². The fourth-order valence-corrected chi connectivity index (χ4v) is 4.32. The summed E-state index contributed by atoms with van der Waals surface area (Å²) in [5, 5.41) is 8.77. The normalized spacial score (nSPS) is 15.3. The van der Waals surface area contributed by atoms with Crippen LogP contribution in [0, 0.1) is 13.8 Å². The van der Waals surface area contributed by atoms with E-state index in [9.17, 15) is 14.4 Å². The summed E-state index contributed by atoms with van der Waals surface area (Å²) in [4.78, 5) is 37.9. The summed E-state index contributed by atoms with van der Waals surface area (Å²) in [7, 11) is 0. The Labute approximate surface area is 177 Å². The van der Waals surface area contributed by atoms with Gasteiger partial charge in [0.25, 0.3) is 11.1 Å². The number of para-hydroxylation sites is 1. The Hall–Kier alpha value is -3.58. The molecule has 2 aromatic carbocycles. The van der Waals surface area contributed by atoms with Crippen LogP contribution in [0.15, 0.2) is 65.6 Å². The van der Waals surface area contributed by atoms with Crippen molar-refractivity contribution in [3.63, 3.8) is 0 Å². The van der Waals surface area contributed by atoms with Gasteiger partial charge in [-0.15, -0.1) is 0 Å². The number of imide groups is 1. The van der Waals surface area contributed by atoms with Gasteiger partial charge in [-0.2, -0.15) is 0 Å². The van der Waals surface area contributed by atoms with Gasteiger partial charge in [-0.3, -0.25) is 9.59 Å². The van der Waals surface area contributed by atoms with Gasteiger partial charge in [0.05, 0.1) is 16.2 Å². The molecule has 1 saturated heterocycles. The summed E-state index contributed by atoms with van der Waals surface area (Å²) in [6.07, 6.45) is 1.73. The van der Waals surface area contributed by atoms with Crippen LogP contribution in [-0.2, 0) is 4.79 Å². The second-order valence-electron chi connectivity index (χ2n) is 6.87. The highest BCUT2D eigenvalue weighted by atomic mass is 32.2. The number of benzene rings is 2. The number of carbonyl (C=O) groups is 3. The van der Waals surface area contributed by atoms with Crippen LogP contribution in [-0.4, -0.2) is 26.8 Å². The molecule has 0 saturated carbocycles. The van der Waals surface area contributed by atoms with Gasteiger partial charge in [-0.1, -0.05) is 18.2 Å². The molecule has 4 rings (SSSR count). The van der Waals surface area contributed by atoms with Crippen LogP contribution >= 0.6 is 11.8 Å². The molecule has 150 valence electrons. The molecule has 0 radical (unpaired) electrons. The van der Waals surface area contributed by atoms with E-state index < -0.39 is 5.97 Å². The van der Waals surface area contributed by atoms with Gasteiger partial charge < -0.3 is 9.67 Å². The van der Waals surface area contributed by atoms with Crippen LogP contribution < -0.4 is 4.90 Å². The van der Waals surface area contributed by atoms with Crippen LogP contribution in [0.1, 0.15) is 27.3 Å². The first-order valence-corrected chi connectivity index (χ1v) is 10.0. The highest BCUT2D eigenvalue weighted by Gasteiger charge is 2.36. The predicted molar refractivity (Wildman–Crippen MR) is 117 cm³/mol. The van der Waals surface area contributed by atoms with Gasteiger partial charge in [-0.25, -0.2) is 9.69 Å². The Morgan fingerprint density at radius 2 is 1.63 bits per heavy atom. The summed E-state index contributed by atoms with van der Waals surface area (Å²) >= 11 is 0.920. The molecule has 0 aliphatic carbocycles. The summed E-state index contributed by atoms with van der Waals surface area (Å²) in [6.45, 7) is 3.86. The van der Waals surface area contributed by atoms with Crippen molar-refractivity contribution in [2.75, 3.05) is 4.90 Å². The van der Waals surface area contributed by atoms with Crippen molar-refractivity contribution >= 4 is 40.6 Å². The molecule has 0 atom stereocenters. The fraction of sp³-hybridized carbons (Fsp3) is 0.0870. The molecule has 30 heavy (non-hydrogen) atoms. The third-order valence-corrected chi connectivity index (χ3v) is 5.81. The molecule has 2 heterocycles. The lowest BCUT2D eigenvalue weighted by atomic mass is 10.2. The number of carboxylic acids is 1. The van der Waals surface area contributed by atoms with E-state index in [0.29, 0.717) is 10.6 Å².